The van der Waals surface area contributed by atoms with Gasteiger partial charge in [-0.25, -0.2) is 0 Å². The van der Waals surface area contributed by atoms with Crippen LogP contribution in [0.2, 0.25) is 0 Å². The Balaban J connectivity index is 3.43. The summed E-state index contributed by atoms with van der Waals surface area (Å²) in [5, 5.41) is 2.49. The SMILES string of the molecule is CC[C@H](N)C(=O)NCCCCC(F)(F)F. The first-order valence-electron chi connectivity index (χ1n) is 4.97. The predicted molar refractivity (Wildman–Crippen MR) is 51.2 cm³/mol. The van der Waals surface area contributed by atoms with Crippen LogP contribution in [-0.2, 0) is 4.79 Å². The highest BCUT2D eigenvalue weighted by molar-refractivity contribution is 5.81. The van der Waals surface area contributed by atoms with Crippen LogP contribution < -0.4 is 11.1 Å². The maximum absolute atomic E-state index is 11.7. The van der Waals surface area contributed by atoms with Crippen molar-refractivity contribution >= 4 is 5.91 Å². The monoisotopic (exact) mass is 226 g/mol. The zero-order valence-corrected chi connectivity index (χ0v) is 8.73. The third-order valence-electron chi connectivity index (χ3n) is 1.96. The van der Waals surface area contributed by atoms with E-state index < -0.39 is 18.6 Å². The van der Waals surface area contributed by atoms with E-state index in [0.717, 1.165) is 0 Å². The lowest BCUT2D eigenvalue weighted by Gasteiger charge is -2.10. The van der Waals surface area contributed by atoms with E-state index in [9.17, 15) is 18.0 Å². The second kappa shape index (κ2) is 6.66. The molecule has 0 aliphatic heterocycles. The molecule has 1 amide bonds. The van der Waals surface area contributed by atoms with Gasteiger partial charge in [0.25, 0.3) is 0 Å². The number of nitrogens with two attached hydrogens (primary N) is 1. The van der Waals surface area contributed by atoms with Crippen molar-refractivity contribution in [1.29, 1.82) is 0 Å². The van der Waals surface area contributed by atoms with Crippen LogP contribution in [0, 0.1) is 0 Å². The highest BCUT2D eigenvalue weighted by Gasteiger charge is 2.25. The molecule has 1 atom stereocenters. The fourth-order valence-electron chi connectivity index (χ4n) is 0.979. The number of unbranched alkanes of at least 4 members (excludes halogenated alkanes) is 1. The molecular formula is C9H17F3N2O. The number of halogens is 3. The third kappa shape index (κ3) is 8.23. The summed E-state index contributed by atoms with van der Waals surface area (Å²) in [5.74, 6) is -0.301. The van der Waals surface area contributed by atoms with E-state index in [1.165, 1.54) is 0 Å². The molecule has 15 heavy (non-hydrogen) atoms. The molecule has 0 saturated heterocycles. The molecule has 0 radical (unpaired) electrons. The number of hydrogen-bond donors (Lipinski definition) is 2. The maximum atomic E-state index is 11.7. The average molecular weight is 226 g/mol. The molecule has 0 aromatic rings. The molecule has 0 rings (SSSR count). The molecule has 0 aromatic carbocycles. The van der Waals surface area contributed by atoms with E-state index in [2.05, 4.69) is 5.32 Å². The first-order chi connectivity index (χ1) is 6.87. The van der Waals surface area contributed by atoms with Crippen LogP contribution in [0.5, 0.6) is 0 Å². The summed E-state index contributed by atoms with van der Waals surface area (Å²) < 4.78 is 35.2. The van der Waals surface area contributed by atoms with Crippen LogP contribution in [0.3, 0.4) is 0 Å². The molecule has 0 unspecified atom stereocenters. The molecule has 0 aromatic heterocycles. The van der Waals surface area contributed by atoms with E-state index in [0.29, 0.717) is 12.8 Å². The molecule has 0 aliphatic carbocycles. The van der Waals surface area contributed by atoms with E-state index in [-0.39, 0.29) is 18.9 Å². The van der Waals surface area contributed by atoms with Crippen molar-refractivity contribution < 1.29 is 18.0 Å². The van der Waals surface area contributed by atoms with Gasteiger partial charge in [-0.05, 0) is 19.3 Å². The Bertz CT molecular complexity index is 194. The molecule has 0 aliphatic rings. The largest absolute Gasteiger partial charge is 0.389 e. The Morgan fingerprint density at radius 1 is 1.40 bits per heavy atom. The van der Waals surface area contributed by atoms with Gasteiger partial charge in [-0.1, -0.05) is 6.92 Å². The van der Waals surface area contributed by atoms with Gasteiger partial charge in [0.1, 0.15) is 0 Å². The van der Waals surface area contributed by atoms with Crippen molar-refractivity contribution in [3.63, 3.8) is 0 Å². The highest BCUT2D eigenvalue weighted by Crippen LogP contribution is 2.21. The number of nitrogens with one attached hydrogen (secondary N) is 1. The predicted octanol–water partition coefficient (Wildman–Crippen LogP) is 1.57. The zero-order valence-electron chi connectivity index (χ0n) is 8.73. The van der Waals surface area contributed by atoms with Crippen LogP contribution in [0.4, 0.5) is 13.2 Å². The summed E-state index contributed by atoms with van der Waals surface area (Å²) in [5.41, 5.74) is 5.41. The Hall–Kier alpha value is -0.780. The van der Waals surface area contributed by atoms with Gasteiger partial charge < -0.3 is 11.1 Å². The van der Waals surface area contributed by atoms with Gasteiger partial charge in [0.15, 0.2) is 0 Å². The Labute approximate surface area is 87.2 Å². The van der Waals surface area contributed by atoms with Crippen molar-refractivity contribution in [2.75, 3.05) is 6.54 Å². The molecule has 0 fully saturated rings. The number of alkyl halides is 3. The van der Waals surface area contributed by atoms with Crippen molar-refractivity contribution in [1.82, 2.24) is 5.32 Å². The minimum atomic E-state index is -4.11. The van der Waals surface area contributed by atoms with Gasteiger partial charge in [0, 0.05) is 13.0 Å². The molecule has 0 spiro atoms. The number of amides is 1. The van der Waals surface area contributed by atoms with Crippen LogP contribution in [0.15, 0.2) is 0 Å². The summed E-state index contributed by atoms with van der Waals surface area (Å²) in [4.78, 5) is 11.1. The number of carbonyl (C=O) groups is 1. The summed E-state index contributed by atoms with van der Waals surface area (Å²) >= 11 is 0. The molecule has 90 valence electrons. The van der Waals surface area contributed by atoms with Crippen molar-refractivity contribution in [3.8, 4) is 0 Å². The number of rotatable bonds is 6. The van der Waals surface area contributed by atoms with Crippen LogP contribution in [0.25, 0.3) is 0 Å². The molecule has 3 N–H and O–H groups in total. The van der Waals surface area contributed by atoms with E-state index in [1.54, 1.807) is 6.92 Å². The summed E-state index contributed by atoms with van der Waals surface area (Å²) in [6, 6.07) is -0.562. The molecule has 6 heteroatoms. The van der Waals surface area contributed by atoms with Gasteiger partial charge in [-0.3, -0.25) is 4.79 Å². The Morgan fingerprint density at radius 3 is 2.47 bits per heavy atom. The van der Waals surface area contributed by atoms with Crippen molar-refractivity contribution in [3.05, 3.63) is 0 Å². The molecule has 0 heterocycles. The standard InChI is InChI=1S/C9H17F3N2O/c1-2-7(13)8(15)14-6-4-3-5-9(10,11)12/h7H,2-6,13H2,1H3,(H,14,15)/t7-/m0/s1. The first-order valence-corrected chi connectivity index (χ1v) is 4.97. The van der Waals surface area contributed by atoms with Crippen LogP contribution in [-0.4, -0.2) is 24.7 Å². The van der Waals surface area contributed by atoms with Gasteiger partial charge in [0.2, 0.25) is 5.91 Å². The Morgan fingerprint density at radius 2 is 2.00 bits per heavy atom. The van der Waals surface area contributed by atoms with E-state index in [4.69, 9.17) is 5.73 Å². The fraction of sp³-hybridized carbons (Fsp3) is 0.889. The fourth-order valence-corrected chi connectivity index (χ4v) is 0.979. The minimum Gasteiger partial charge on any atom is -0.355 e. The second-order valence-electron chi connectivity index (χ2n) is 3.38. The topological polar surface area (TPSA) is 55.1 Å². The average Bonchev–Trinajstić information content (AvgIpc) is 2.14. The van der Waals surface area contributed by atoms with E-state index in [1.807, 2.05) is 0 Å². The Kier molecular flexibility index (Phi) is 6.31. The third-order valence-corrected chi connectivity index (χ3v) is 1.96. The maximum Gasteiger partial charge on any atom is 0.389 e. The lowest BCUT2D eigenvalue weighted by Crippen LogP contribution is -2.40. The van der Waals surface area contributed by atoms with Crippen LogP contribution >= 0.6 is 0 Å². The lowest BCUT2D eigenvalue weighted by molar-refractivity contribution is -0.135. The zero-order chi connectivity index (χ0) is 11.9. The molecule has 0 bridgehead atoms. The summed E-state index contributed by atoms with van der Waals surface area (Å²) in [7, 11) is 0. The second-order valence-corrected chi connectivity index (χ2v) is 3.38. The van der Waals surface area contributed by atoms with Crippen molar-refractivity contribution in [2.45, 2.75) is 44.8 Å². The lowest BCUT2D eigenvalue weighted by atomic mass is 10.2. The molecular weight excluding hydrogens is 209 g/mol. The molecule has 0 saturated carbocycles. The smallest absolute Gasteiger partial charge is 0.355 e. The van der Waals surface area contributed by atoms with Crippen LogP contribution in [0.1, 0.15) is 32.6 Å². The number of carbonyl (C=O) groups excluding carboxylic acids is 1. The quantitative estimate of drug-likeness (QED) is 0.675. The molecule has 3 nitrogen and oxygen atoms in total. The van der Waals surface area contributed by atoms with Crippen molar-refractivity contribution in [2.24, 2.45) is 5.73 Å². The number of hydrogen-bond acceptors (Lipinski definition) is 2. The summed E-state index contributed by atoms with van der Waals surface area (Å²) in [6.45, 7) is 2.02. The van der Waals surface area contributed by atoms with Gasteiger partial charge in [-0.15, -0.1) is 0 Å². The van der Waals surface area contributed by atoms with E-state index >= 15 is 0 Å². The normalized spacial score (nSPS) is 13.7. The van der Waals surface area contributed by atoms with Gasteiger partial charge >= 0.3 is 6.18 Å². The summed E-state index contributed by atoms with van der Waals surface area (Å²) in [6.07, 6.45) is -4.03. The highest BCUT2D eigenvalue weighted by atomic mass is 19.4. The minimum absolute atomic E-state index is 0.0329. The van der Waals surface area contributed by atoms with Gasteiger partial charge in [-0.2, -0.15) is 13.2 Å². The first kappa shape index (κ1) is 14.2. The van der Waals surface area contributed by atoms with Gasteiger partial charge in [0.05, 0.1) is 6.04 Å².